The van der Waals surface area contributed by atoms with Crippen LogP contribution in [-0.4, -0.2) is 32.6 Å². The highest BCUT2D eigenvalue weighted by atomic mass is 32.2. The molecule has 0 saturated carbocycles. The number of carbonyl (C=O) groups excluding carboxylic acids is 1. The first kappa shape index (κ1) is 20.5. The summed E-state index contributed by atoms with van der Waals surface area (Å²) in [5, 5.41) is 13.3. The van der Waals surface area contributed by atoms with Crippen molar-refractivity contribution in [1.82, 2.24) is 20.2 Å². The lowest BCUT2D eigenvalue weighted by molar-refractivity contribution is -0.118. The fourth-order valence-electron chi connectivity index (χ4n) is 2.70. The quantitative estimate of drug-likeness (QED) is 0.345. The van der Waals surface area contributed by atoms with Crippen LogP contribution >= 0.6 is 11.8 Å². The SMILES string of the molecule is CCn1c(SCC(=O)N/N=C/C(C)=C/c2ccccc2)nnc1-c1ccccc1. The summed E-state index contributed by atoms with van der Waals surface area (Å²) in [4.78, 5) is 12.1. The molecule has 1 aromatic heterocycles. The number of benzene rings is 2. The minimum atomic E-state index is -0.189. The van der Waals surface area contributed by atoms with Gasteiger partial charge in [0.1, 0.15) is 0 Å². The highest BCUT2D eigenvalue weighted by Gasteiger charge is 2.14. The molecule has 0 aliphatic heterocycles. The zero-order chi connectivity index (χ0) is 20.5. The molecule has 0 radical (unpaired) electrons. The van der Waals surface area contributed by atoms with Crippen LogP contribution in [0.3, 0.4) is 0 Å². The van der Waals surface area contributed by atoms with Gasteiger partial charge in [-0.1, -0.05) is 78.5 Å². The van der Waals surface area contributed by atoms with Crippen LogP contribution < -0.4 is 5.43 Å². The van der Waals surface area contributed by atoms with Crippen LogP contribution in [0.15, 0.2) is 76.5 Å². The zero-order valence-electron chi connectivity index (χ0n) is 16.4. The molecule has 0 bridgehead atoms. The van der Waals surface area contributed by atoms with Crippen molar-refractivity contribution in [3.8, 4) is 11.4 Å². The van der Waals surface area contributed by atoms with Crippen molar-refractivity contribution in [2.45, 2.75) is 25.5 Å². The van der Waals surface area contributed by atoms with Crippen molar-refractivity contribution < 1.29 is 4.79 Å². The molecule has 0 spiro atoms. The first-order valence-electron chi connectivity index (χ1n) is 9.34. The first-order chi connectivity index (χ1) is 14.2. The zero-order valence-corrected chi connectivity index (χ0v) is 17.3. The van der Waals surface area contributed by atoms with Gasteiger partial charge in [-0.2, -0.15) is 5.10 Å². The molecule has 0 unspecified atom stereocenters. The molecule has 0 saturated heterocycles. The number of hydrogen-bond donors (Lipinski definition) is 1. The van der Waals surface area contributed by atoms with Crippen molar-refractivity contribution in [2.75, 3.05) is 5.75 Å². The second-order valence-electron chi connectivity index (χ2n) is 6.30. The van der Waals surface area contributed by atoms with E-state index in [0.29, 0.717) is 5.16 Å². The maximum atomic E-state index is 12.1. The van der Waals surface area contributed by atoms with E-state index in [2.05, 4.69) is 20.7 Å². The second kappa shape index (κ2) is 10.4. The van der Waals surface area contributed by atoms with E-state index in [1.165, 1.54) is 11.8 Å². The van der Waals surface area contributed by atoms with E-state index in [1.807, 2.05) is 85.2 Å². The fourth-order valence-corrected chi connectivity index (χ4v) is 3.49. The van der Waals surface area contributed by atoms with E-state index >= 15 is 0 Å². The number of hydrazone groups is 1. The normalized spacial score (nSPS) is 11.7. The van der Waals surface area contributed by atoms with Gasteiger partial charge in [0, 0.05) is 12.1 Å². The van der Waals surface area contributed by atoms with E-state index in [4.69, 9.17) is 0 Å². The highest BCUT2D eigenvalue weighted by molar-refractivity contribution is 7.99. The van der Waals surface area contributed by atoms with Gasteiger partial charge in [-0.25, -0.2) is 5.43 Å². The molecule has 3 rings (SSSR count). The van der Waals surface area contributed by atoms with Gasteiger partial charge in [0.25, 0.3) is 5.91 Å². The summed E-state index contributed by atoms with van der Waals surface area (Å²) >= 11 is 1.35. The monoisotopic (exact) mass is 405 g/mol. The molecule has 0 aliphatic carbocycles. The summed E-state index contributed by atoms with van der Waals surface area (Å²) in [5.74, 6) is 0.826. The van der Waals surface area contributed by atoms with Crippen molar-refractivity contribution in [1.29, 1.82) is 0 Å². The maximum absolute atomic E-state index is 12.1. The Balaban J connectivity index is 1.54. The highest BCUT2D eigenvalue weighted by Crippen LogP contribution is 2.23. The Labute approximate surface area is 174 Å². The molecule has 0 aliphatic rings. The van der Waals surface area contributed by atoms with Crippen LogP contribution in [-0.2, 0) is 11.3 Å². The minimum Gasteiger partial charge on any atom is -0.302 e. The predicted octanol–water partition coefficient (Wildman–Crippen LogP) is 4.26. The molecule has 7 heteroatoms. The Bertz CT molecular complexity index is 997. The molecule has 6 nitrogen and oxygen atoms in total. The lowest BCUT2D eigenvalue weighted by Crippen LogP contribution is -2.20. The molecule has 148 valence electrons. The number of hydrogen-bond acceptors (Lipinski definition) is 5. The van der Waals surface area contributed by atoms with Crippen LogP contribution in [0.25, 0.3) is 17.5 Å². The molecule has 2 aromatic carbocycles. The average molecular weight is 406 g/mol. The molecule has 29 heavy (non-hydrogen) atoms. The van der Waals surface area contributed by atoms with Gasteiger partial charge in [0.05, 0.1) is 12.0 Å². The smallest absolute Gasteiger partial charge is 0.250 e. The van der Waals surface area contributed by atoms with Gasteiger partial charge in [0.15, 0.2) is 11.0 Å². The Morgan fingerprint density at radius 1 is 1.10 bits per heavy atom. The van der Waals surface area contributed by atoms with Crippen molar-refractivity contribution in [3.05, 3.63) is 71.8 Å². The standard InChI is InChI=1S/C22H23N5OS/c1-3-27-21(19-12-8-5-9-13-19)25-26-22(27)29-16-20(28)24-23-15-17(2)14-18-10-6-4-7-11-18/h4-15H,3,16H2,1-2H3,(H,24,28)/b17-14+,23-15+. The van der Waals surface area contributed by atoms with Crippen LogP contribution in [0.2, 0.25) is 0 Å². The Kier molecular flexibility index (Phi) is 7.35. The number of amides is 1. The number of rotatable bonds is 8. The van der Waals surface area contributed by atoms with Gasteiger partial charge < -0.3 is 4.57 Å². The van der Waals surface area contributed by atoms with Gasteiger partial charge in [-0.3, -0.25) is 4.79 Å². The summed E-state index contributed by atoms with van der Waals surface area (Å²) < 4.78 is 2.00. The van der Waals surface area contributed by atoms with E-state index in [-0.39, 0.29) is 11.7 Å². The van der Waals surface area contributed by atoms with E-state index in [1.54, 1.807) is 6.21 Å². The third-order valence-corrected chi connectivity index (χ3v) is 5.02. The number of aromatic nitrogens is 3. The van der Waals surface area contributed by atoms with Crippen LogP contribution in [0, 0.1) is 0 Å². The third-order valence-electron chi connectivity index (χ3n) is 4.05. The number of carbonyl (C=O) groups is 1. The Hall–Kier alpha value is -3.19. The molecule has 0 fully saturated rings. The van der Waals surface area contributed by atoms with Gasteiger partial charge in [-0.05, 0) is 25.0 Å². The molecule has 1 heterocycles. The first-order valence-corrected chi connectivity index (χ1v) is 10.3. The summed E-state index contributed by atoms with van der Waals surface area (Å²) in [5.41, 5.74) is 5.60. The predicted molar refractivity (Wildman–Crippen MR) is 119 cm³/mol. The summed E-state index contributed by atoms with van der Waals surface area (Å²) in [6.45, 7) is 4.70. The third kappa shape index (κ3) is 5.89. The van der Waals surface area contributed by atoms with Crippen LogP contribution in [0.4, 0.5) is 0 Å². The number of allylic oxidation sites excluding steroid dienone is 1. The van der Waals surface area contributed by atoms with E-state index in [0.717, 1.165) is 29.1 Å². The molecule has 1 N–H and O–H groups in total. The van der Waals surface area contributed by atoms with E-state index in [9.17, 15) is 4.79 Å². The van der Waals surface area contributed by atoms with Gasteiger partial charge >= 0.3 is 0 Å². The molecule has 1 amide bonds. The fraction of sp³-hybridized carbons (Fsp3) is 0.182. The van der Waals surface area contributed by atoms with Crippen LogP contribution in [0.5, 0.6) is 0 Å². The molecule has 0 atom stereocenters. The molecular formula is C22H23N5OS. The van der Waals surface area contributed by atoms with Crippen molar-refractivity contribution in [3.63, 3.8) is 0 Å². The summed E-state index contributed by atoms with van der Waals surface area (Å²) in [7, 11) is 0. The number of nitrogens with zero attached hydrogens (tertiary/aromatic N) is 4. The van der Waals surface area contributed by atoms with Gasteiger partial charge in [0.2, 0.25) is 0 Å². The Morgan fingerprint density at radius 3 is 2.48 bits per heavy atom. The number of thioether (sulfide) groups is 1. The lowest BCUT2D eigenvalue weighted by atomic mass is 10.1. The second-order valence-corrected chi connectivity index (χ2v) is 7.24. The van der Waals surface area contributed by atoms with E-state index < -0.39 is 0 Å². The van der Waals surface area contributed by atoms with Crippen molar-refractivity contribution >= 4 is 30.0 Å². The average Bonchev–Trinajstić information content (AvgIpc) is 3.16. The lowest BCUT2D eigenvalue weighted by Gasteiger charge is -2.06. The van der Waals surface area contributed by atoms with Gasteiger partial charge in [-0.15, -0.1) is 10.2 Å². The maximum Gasteiger partial charge on any atom is 0.250 e. The van der Waals surface area contributed by atoms with Crippen LogP contribution in [0.1, 0.15) is 19.4 Å². The molecular weight excluding hydrogens is 382 g/mol. The summed E-state index contributed by atoms with van der Waals surface area (Å²) in [6, 6.07) is 19.9. The number of nitrogens with one attached hydrogen (secondary N) is 1. The minimum absolute atomic E-state index is 0.189. The Morgan fingerprint density at radius 2 is 1.79 bits per heavy atom. The van der Waals surface area contributed by atoms with Crippen molar-refractivity contribution in [2.24, 2.45) is 5.10 Å². The summed E-state index contributed by atoms with van der Waals surface area (Å²) in [6.07, 6.45) is 3.64. The topological polar surface area (TPSA) is 72.2 Å². The largest absolute Gasteiger partial charge is 0.302 e. The molecule has 3 aromatic rings.